The summed E-state index contributed by atoms with van der Waals surface area (Å²) in [6.45, 7) is 6.32. The Morgan fingerprint density at radius 1 is 1.02 bits per heavy atom. The Morgan fingerprint density at radius 2 is 1.77 bits per heavy atom. The lowest BCUT2D eigenvalue weighted by molar-refractivity contribution is -0.138. The molecule has 1 saturated heterocycles. The largest absolute Gasteiger partial charge is 0.416 e. The molecule has 1 aromatic heterocycles. The van der Waals surface area contributed by atoms with E-state index in [9.17, 15) is 18.0 Å². The normalized spacial score (nSPS) is 14.6. The second-order valence-electron chi connectivity index (χ2n) is 9.70. The average Bonchev–Trinajstić information content (AvgIpc) is 3.34. The molecular formula is C30H29F3N6O. The van der Waals surface area contributed by atoms with Gasteiger partial charge in [-0.2, -0.15) is 18.3 Å². The third-order valence-electron chi connectivity index (χ3n) is 7.06. The molecule has 2 heterocycles. The number of hydrogen-bond acceptors (Lipinski definition) is 5. The Morgan fingerprint density at radius 3 is 2.52 bits per heavy atom. The van der Waals surface area contributed by atoms with E-state index < -0.39 is 17.6 Å². The zero-order valence-corrected chi connectivity index (χ0v) is 22.0. The highest BCUT2D eigenvalue weighted by Crippen LogP contribution is 2.35. The summed E-state index contributed by atoms with van der Waals surface area (Å²) in [7, 11) is 0. The molecule has 10 heteroatoms. The standard InChI is InChI=1S/C30H29F3N6O/c1-2-38-13-15-39(16-14-38)19-23-11-12-24(18-25(23)30(31,32)33)35-29(40)22-7-3-5-20(17-22)9-10-21-6-4-8-26-27(21)28(34)37-36-26/h3-8,11-12,17-18H,2,13-16,19H2,1H3,(H,35,40)(H3,34,36,37). The van der Waals surface area contributed by atoms with E-state index in [-0.39, 0.29) is 23.4 Å². The third kappa shape index (κ3) is 6.11. The quantitative estimate of drug-likeness (QED) is 0.308. The first-order valence-electron chi connectivity index (χ1n) is 13.0. The van der Waals surface area contributed by atoms with Crippen LogP contribution >= 0.6 is 0 Å². The summed E-state index contributed by atoms with van der Waals surface area (Å²) in [5.41, 5.74) is 7.78. The molecule has 1 aliphatic heterocycles. The van der Waals surface area contributed by atoms with E-state index in [1.807, 2.05) is 23.1 Å². The number of nitrogens with two attached hydrogens (primary N) is 1. The van der Waals surface area contributed by atoms with Crippen molar-refractivity contribution in [2.45, 2.75) is 19.6 Å². The van der Waals surface area contributed by atoms with Crippen LogP contribution < -0.4 is 11.1 Å². The fraction of sp³-hybridized carbons (Fsp3) is 0.267. The Hall–Kier alpha value is -4.33. The van der Waals surface area contributed by atoms with Gasteiger partial charge in [0.2, 0.25) is 0 Å². The fourth-order valence-corrected chi connectivity index (χ4v) is 4.84. The molecule has 1 amide bonds. The summed E-state index contributed by atoms with van der Waals surface area (Å²) in [6, 6.07) is 16.1. The molecule has 4 aromatic rings. The molecule has 4 N–H and O–H groups in total. The van der Waals surface area contributed by atoms with Crippen molar-refractivity contribution in [3.63, 3.8) is 0 Å². The van der Waals surface area contributed by atoms with Gasteiger partial charge in [0.05, 0.1) is 16.5 Å². The zero-order valence-electron chi connectivity index (χ0n) is 22.0. The van der Waals surface area contributed by atoms with Gasteiger partial charge in [0, 0.05) is 55.1 Å². The number of amides is 1. The number of carbonyl (C=O) groups excluding carboxylic acids is 1. The molecule has 40 heavy (non-hydrogen) atoms. The molecule has 0 spiro atoms. The minimum Gasteiger partial charge on any atom is -0.382 e. The first-order chi connectivity index (χ1) is 19.2. The van der Waals surface area contributed by atoms with Crippen LogP contribution in [0, 0.1) is 11.8 Å². The second-order valence-corrected chi connectivity index (χ2v) is 9.70. The van der Waals surface area contributed by atoms with Crippen molar-refractivity contribution in [1.29, 1.82) is 0 Å². The summed E-state index contributed by atoms with van der Waals surface area (Å²) in [5.74, 6) is 5.91. The second kappa shape index (κ2) is 11.4. The molecule has 3 aromatic carbocycles. The number of hydrogen-bond donors (Lipinski definition) is 3. The summed E-state index contributed by atoms with van der Waals surface area (Å²) in [5, 5.41) is 10.2. The first kappa shape index (κ1) is 27.2. The van der Waals surface area contributed by atoms with Crippen molar-refractivity contribution < 1.29 is 18.0 Å². The van der Waals surface area contributed by atoms with Gasteiger partial charge in [0.25, 0.3) is 5.91 Å². The van der Waals surface area contributed by atoms with Crippen molar-refractivity contribution in [3.8, 4) is 11.8 Å². The average molecular weight is 547 g/mol. The number of aromatic nitrogens is 2. The molecular weight excluding hydrogens is 517 g/mol. The van der Waals surface area contributed by atoms with Crippen LogP contribution in [0.25, 0.3) is 10.9 Å². The molecule has 0 bridgehead atoms. The summed E-state index contributed by atoms with van der Waals surface area (Å²) < 4.78 is 41.9. The lowest BCUT2D eigenvalue weighted by Gasteiger charge is -2.34. The number of anilines is 2. The van der Waals surface area contributed by atoms with Crippen LogP contribution in [0.2, 0.25) is 0 Å². The van der Waals surface area contributed by atoms with Gasteiger partial charge in [-0.25, -0.2) is 0 Å². The molecule has 0 unspecified atom stereocenters. The van der Waals surface area contributed by atoms with E-state index in [1.54, 1.807) is 24.3 Å². The Kier molecular flexibility index (Phi) is 7.78. The van der Waals surface area contributed by atoms with E-state index in [0.717, 1.165) is 36.6 Å². The minimum atomic E-state index is -4.54. The maximum absolute atomic E-state index is 14.0. The molecule has 1 aliphatic rings. The molecule has 7 nitrogen and oxygen atoms in total. The predicted molar refractivity (Wildman–Crippen MR) is 150 cm³/mol. The van der Waals surface area contributed by atoms with Crippen LogP contribution in [0.3, 0.4) is 0 Å². The number of benzene rings is 3. The lowest BCUT2D eigenvalue weighted by Crippen LogP contribution is -2.45. The van der Waals surface area contributed by atoms with Crippen LogP contribution in [0.15, 0.2) is 60.7 Å². The number of carbonyl (C=O) groups is 1. The maximum atomic E-state index is 14.0. The van der Waals surface area contributed by atoms with Crippen LogP contribution in [-0.2, 0) is 12.7 Å². The number of nitrogens with zero attached hydrogens (tertiary/aromatic N) is 3. The highest BCUT2D eigenvalue weighted by molar-refractivity contribution is 6.04. The summed E-state index contributed by atoms with van der Waals surface area (Å²) in [4.78, 5) is 17.3. The van der Waals surface area contributed by atoms with Crippen LogP contribution in [0.1, 0.15) is 39.5 Å². The Balaban J connectivity index is 1.32. The van der Waals surface area contributed by atoms with Gasteiger partial charge in [-0.05, 0) is 54.6 Å². The highest BCUT2D eigenvalue weighted by atomic mass is 19.4. The SMILES string of the molecule is CCN1CCN(Cc2ccc(NC(=O)c3cccc(C#Cc4cccc5[nH]nc(N)c45)c3)cc2C(F)(F)F)CC1. The van der Waals surface area contributed by atoms with Crippen molar-refractivity contribution in [2.24, 2.45) is 0 Å². The van der Waals surface area contributed by atoms with E-state index in [2.05, 4.69) is 39.2 Å². The molecule has 206 valence electrons. The summed E-state index contributed by atoms with van der Waals surface area (Å²) in [6.07, 6.45) is -4.54. The number of rotatable bonds is 5. The Bertz CT molecular complexity index is 1590. The van der Waals surface area contributed by atoms with E-state index in [1.165, 1.54) is 12.1 Å². The van der Waals surface area contributed by atoms with Crippen molar-refractivity contribution in [3.05, 3.63) is 88.5 Å². The number of alkyl halides is 3. The van der Waals surface area contributed by atoms with Gasteiger partial charge in [0.15, 0.2) is 5.82 Å². The molecule has 1 fully saturated rings. The predicted octanol–water partition coefficient (Wildman–Crippen LogP) is 4.95. The van der Waals surface area contributed by atoms with Gasteiger partial charge in [-0.15, -0.1) is 0 Å². The fourth-order valence-electron chi connectivity index (χ4n) is 4.84. The van der Waals surface area contributed by atoms with E-state index in [4.69, 9.17) is 5.73 Å². The zero-order chi connectivity index (χ0) is 28.3. The third-order valence-corrected chi connectivity index (χ3v) is 7.06. The lowest BCUT2D eigenvalue weighted by atomic mass is 10.0. The van der Waals surface area contributed by atoms with Crippen molar-refractivity contribution in [2.75, 3.05) is 43.8 Å². The topological polar surface area (TPSA) is 90.3 Å². The number of nitrogens with one attached hydrogen (secondary N) is 2. The van der Waals surface area contributed by atoms with Gasteiger partial charge in [-0.1, -0.05) is 37.0 Å². The molecule has 0 atom stereocenters. The van der Waals surface area contributed by atoms with Crippen molar-refractivity contribution >= 4 is 28.3 Å². The van der Waals surface area contributed by atoms with Gasteiger partial charge >= 0.3 is 6.18 Å². The number of halogens is 3. The molecule has 0 radical (unpaired) electrons. The highest BCUT2D eigenvalue weighted by Gasteiger charge is 2.34. The number of nitrogen functional groups attached to an aromatic ring is 1. The van der Waals surface area contributed by atoms with Gasteiger partial charge in [-0.3, -0.25) is 14.8 Å². The number of H-pyrrole nitrogens is 1. The first-order valence-corrected chi connectivity index (χ1v) is 13.0. The number of likely N-dealkylation sites (N-methyl/N-ethyl adjacent to an activating group) is 1. The van der Waals surface area contributed by atoms with E-state index >= 15 is 0 Å². The Labute approximate surface area is 230 Å². The number of fused-ring (bicyclic) bond motifs is 1. The van der Waals surface area contributed by atoms with Crippen LogP contribution in [-0.4, -0.2) is 58.6 Å². The minimum absolute atomic E-state index is 0.0791. The van der Waals surface area contributed by atoms with Crippen LogP contribution in [0.4, 0.5) is 24.7 Å². The molecule has 0 saturated carbocycles. The van der Waals surface area contributed by atoms with Gasteiger partial charge < -0.3 is 16.0 Å². The van der Waals surface area contributed by atoms with Gasteiger partial charge in [0.1, 0.15) is 0 Å². The monoisotopic (exact) mass is 546 g/mol. The molecule has 5 rings (SSSR count). The van der Waals surface area contributed by atoms with Crippen LogP contribution in [0.5, 0.6) is 0 Å². The van der Waals surface area contributed by atoms with E-state index in [0.29, 0.717) is 30.0 Å². The maximum Gasteiger partial charge on any atom is 0.416 e. The summed E-state index contributed by atoms with van der Waals surface area (Å²) >= 11 is 0. The smallest absolute Gasteiger partial charge is 0.382 e. The number of aromatic amines is 1. The molecule has 0 aliphatic carbocycles. The van der Waals surface area contributed by atoms with Crippen molar-refractivity contribution in [1.82, 2.24) is 20.0 Å². The number of piperazine rings is 1.